The Labute approximate surface area is 80.7 Å². The van der Waals surface area contributed by atoms with Crippen LogP contribution >= 0.6 is 0 Å². The third kappa shape index (κ3) is 5.45. The van der Waals surface area contributed by atoms with E-state index < -0.39 is 5.97 Å². The summed E-state index contributed by atoms with van der Waals surface area (Å²) < 4.78 is 0. The topological polar surface area (TPSA) is 37.3 Å². The Balaban J connectivity index is 3.77. The molecular formula is C11H20O2. The van der Waals surface area contributed by atoms with Gasteiger partial charge in [0.15, 0.2) is 0 Å². The number of carbonyl (C=O) groups is 1. The van der Waals surface area contributed by atoms with Gasteiger partial charge in [0.05, 0.1) is 5.92 Å². The molecule has 0 radical (unpaired) electrons. The lowest BCUT2D eigenvalue weighted by atomic mass is 9.95. The molecule has 0 aromatic rings. The molecule has 0 aliphatic carbocycles. The second-order valence-electron chi connectivity index (χ2n) is 3.56. The van der Waals surface area contributed by atoms with Crippen LogP contribution in [-0.2, 0) is 4.79 Å². The molecule has 2 unspecified atom stereocenters. The minimum Gasteiger partial charge on any atom is -0.481 e. The van der Waals surface area contributed by atoms with Crippen LogP contribution in [0, 0.1) is 11.8 Å². The van der Waals surface area contributed by atoms with Crippen molar-refractivity contribution in [1.29, 1.82) is 0 Å². The molecule has 0 aliphatic heterocycles. The summed E-state index contributed by atoms with van der Waals surface area (Å²) in [5.41, 5.74) is 0. The Bertz CT molecular complexity index is 173. The van der Waals surface area contributed by atoms with E-state index in [1.165, 1.54) is 12.8 Å². The van der Waals surface area contributed by atoms with E-state index in [-0.39, 0.29) is 11.8 Å². The Morgan fingerprint density at radius 3 is 2.54 bits per heavy atom. The van der Waals surface area contributed by atoms with Crippen LogP contribution in [0.15, 0.2) is 12.2 Å². The quantitative estimate of drug-likeness (QED) is 0.508. The summed E-state index contributed by atoms with van der Waals surface area (Å²) in [5, 5.41) is 8.72. The lowest BCUT2D eigenvalue weighted by Gasteiger charge is -2.10. The minimum atomic E-state index is -0.715. The van der Waals surface area contributed by atoms with Crippen LogP contribution < -0.4 is 0 Å². The zero-order valence-electron chi connectivity index (χ0n) is 8.79. The Morgan fingerprint density at radius 1 is 1.46 bits per heavy atom. The minimum absolute atomic E-state index is 0.134. The predicted molar refractivity (Wildman–Crippen MR) is 54.6 cm³/mol. The molecule has 0 aromatic heterocycles. The van der Waals surface area contributed by atoms with Crippen LogP contribution in [0.3, 0.4) is 0 Å². The molecule has 2 heteroatoms. The molecule has 0 rings (SSSR count). The van der Waals surface area contributed by atoms with E-state index in [0.29, 0.717) is 0 Å². The highest BCUT2D eigenvalue weighted by molar-refractivity contribution is 5.70. The number of hydrogen-bond acceptors (Lipinski definition) is 1. The third-order valence-corrected chi connectivity index (χ3v) is 2.34. The third-order valence-electron chi connectivity index (χ3n) is 2.34. The number of aliphatic carboxylic acids is 1. The molecule has 2 nitrogen and oxygen atoms in total. The van der Waals surface area contributed by atoms with Crippen molar-refractivity contribution < 1.29 is 9.90 Å². The van der Waals surface area contributed by atoms with Crippen LogP contribution in [-0.4, -0.2) is 11.1 Å². The molecule has 0 heterocycles. The molecule has 1 N–H and O–H groups in total. The van der Waals surface area contributed by atoms with E-state index in [4.69, 9.17) is 5.11 Å². The fraction of sp³-hybridized carbons (Fsp3) is 0.727. The van der Waals surface area contributed by atoms with E-state index in [9.17, 15) is 4.79 Å². The highest BCUT2D eigenvalue weighted by atomic mass is 16.4. The fourth-order valence-corrected chi connectivity index (χ4v) is 1.02. The van der Waals surface area contributed by atoms with Gasteiger partial charge in [-0.25, -0.2) is 0 Å². The maximum atomic E-state index is 10.6. The number of hydrogen-bond donors (Lipinski definition) is 1. The highest BCUT2D eigenvalue weighted by Gasteiger charge is 2.15. The van der Waals surface area contributed by atoms with Crippen molar-refractivity contribution in [2.45, 2.75) is 40.0 Å². The molecular weight excluding hydrogens is 164 g/mol. The van der Waals surface area contributed by atoms with E-state index in [1.54, 1.807) is 6.92 Å². The first-order chi connectivity index (χ1) is 6.09. The van der Waals surface area contributed by atoms with Crippen LogP contribution in [0.25, 0.3) is 0 Å². The first-order valence-electron chi connectivity index (χ1n) is 4.99. The fourth-order valence-electron chi connectivity index (χ4n) is 1.02. The molecule has 76 valence electrons. The Morgan fingerprint density at radius 2 is 2.08 bits per heavy atom. The first-order valence-corrected chi connectivity index (χ1v) is 4.99. The van der Waals surface area contributed by atoms with Crippen molar-refractivity contribution in [2.75, 3.05) is 0 Å². The van der Waals surface area contributed by atoms with Crippen molar-refractivity contribution >= 4 is 5.97 Å². The lowest BCUT2D eigenvalue weighted by Crippen LogP contribution is -2.16. The van der Waals surface area contributed by atoms with Crippen molar-refractivity contribution in [3.63, 3.8) is 0 Å². The molecule has 2 atom stereocenters. The van der Waals surface area contributed by atoms with Gasteiger partial charge in [-0.15, -0.1) is 0 Å². The van der Waals surface area contributed by atoms with Gasteiger partial charge >= 0.3 is 5.97 Å². The van der Waals surface area contributed by atoms with Crippen LogP contribution in [0.4, 0.5) is 0 Å². The molecule has 13 heavy (non-hydrogen) atoms. The zero-order chi connectivity index (χ0) is 10.3. The van der Waals surface area contributed by atoms with E-state index in [2.05, 4.69) is 13.0 Å². The van der Waals surface area contributed by atoms with Gasteiger partial charge < -0.3 is 5.11 Å². The van der Waals surface area contributed by atoms with Gasteiger partial charge in [0, 0.05) is 0 Å². The summed E-state index contributed by atoms with van der Waals surface area (Å²) in [7, 11) is 0. The maximum absolute atomic E-state index is 10.6. The van der Waals surface area contributed by atoms with E-state index in [0.717, 1.165) is 6.42 Å². The van der Waals surface area contributed by atoms with Gasteiger partial charge in [-0.3, -0.25) is 4.79 Å². The van der Waals surface area contributed by atoms with Gasteiger partial charge in [0.2, 0.25) is 0 Å². The van der Waals surface area contributed by atoms with Gasteiger partial charge in [-0.1, -0.05) is 45.8 Å². The number of carboxylic acids is 1. The van der Waals surface area contributed by atoms with Crippen LogP contribution in [0.2, 0.25) is 0 Å². The Hall–Kier alpha value is -0.790. The van der Waals surface area contributed by atoms with Crippen LogP contribution in [0.1, 0.15) is 40.0 Å². The summed E-state index contributed by atoms with van der Waals surface area (Å²) in [6.07, 6.45) is 7.53. The van der Waals surface area contributed by atoms with E-state index >= 15 is 0 Å². The smallest absolute Gasteiger partial charge is 0.306 e. The standard InChI is InChI=1S/C11H20O2/c1-4-5-6-7-8-9(2)10(3)11(12)13/h7-10H,4-6H2,1-3H3,(H,12,13). The van der Waals surface area contributed by atoms with Crippen molar-refractivity contribution in [1.82, 2.24) is 0 Å². The summed E-state index contributed by atoms with van der Waals surface area (Å²) in [6, 6.07) is 0. The van der Waals surface area contributed by atoms with Gasteiger partial charge in [-0.05, 0) is 12.3 Å². The highest BCUT2D eigenvalue weighted by Crippen LogP contribution is 2.13. The van der Waals surface area contributed by atoms with Gasteiger partial charge in [0.25, 0.3) is 0 Å². The number of rotatable bonds is 6. The molecule has 0 amide bonds. The van der Waals surface area contributed by atoms with Gasteiger partial charge in [0.1, 0.15) is 0 Å². The lowest BCUT2D eigenvalue weighted by molar-refractivity contribution is -0.142. The normalized spacial score (nSPS) is 15.9. The number of allylic oxidation sites excluding steroid dienone is 2. The van der Waals surface area contributed by atoms with Crippen LogP contribution in [0.5, 0.6) is 0 Å². The Kier molecular flexibility index (Phi) is 6.29. The maximum Gasteiger partial charge on any atom is 0.306 e. The summed E-state index contributed by atoms with van der Waals surface area (Å²) in [4.78, 5) is 10.6. The second kappa shape index (κ2) is 6.70. The van der Waals surface area contributed by atoms with Crippen molar-refractivity contribution in [3.05, 3.63) is 12.2 Å². The SMILES string of the molecule is CCCCC=CC(C)C(C)C(=O)O. The molecule has 0 saturated carbocycles. The largest absolute Gasteiger partial charge is 0.481 e. The van der Waals surface area contributed by atoms with Gasteiger partial charge in [-0.2, -0.15) is 0 Å². The monoisotopic (exact) mass is 184 g/mol. The summed E-state index contributed by atoms with van der Waals surface area (Å²) in [5.74, 6) is -0.861. The first kappa shape index (κ1) is 12.2. The molecule has 0 spiro atoms. The second-order valence-corrected chi connectivity index (χ2v) is 3.56. The predicted octanol–water partition coefficient (Wildman–Crippen LogP) is 3.09. The van der Waals surface area contributed by atoms with Crippen molar-refractivity contribution in [3.8, 4) is 0 Å². The molecule has 0 aromatic carbocycles. The molecule has 0 bridgehead atoms. The summed E-state index contributed by atoms with van der Waals surface area (Å²) in [6.45, 7) is 5.84. The zero-order valence-corrected chi connectivity index (χ0v) is 8.79. The molecule has 0 fully saturated rings. The van der Waals surface area contributed by atoms with Crippen molar-refractivity contribution in [2.24, 2.45) is 11.8 Å². The molecule has 0 saturated heterocycles. The molecule has 0 aliphatic rings. The number of unbranched alkanes of at least 4 members (excludes halogenated alkanes) is 2. The average Bonchev–Trinajstić information content (AvgIpc) is 2.10. The van der Waals surface area contributed by atoms with E-state index in [1.807, 2.05) is 13.0 Å². The summed E-state index contributed by atoms with van der Waals surface area (Å²) >= 11 is 0. The average molecular weight is 184 g/mol. The number of carboxylic acid groups (broad SMARTS) is 1.